The van der Waals surface area contributed by atoms with Crippen LogP contribution in [0.3, 0.4) is 0 Å². The van der Waals surface area contributed by atoms with E-state index in [4.69, 9.17) is 9.47 Å². The number of hydrogen-bond acceptors (Lipinski definition) is 6. The normalized spacial score (nSPS) is 12.7. The van der Waals surface area contributed by atoms with Gasteiger partial charge in [-0.3, -0.25) is 9.59 Å². The van der Waals surface area contributed by atoms with E-state index in [9.17, 15) is 24.3 Å². The topological polar surface area (TPSA) is 131 Å². The summed E-state index contributed by atoms with van der Waals surface area (Å²) in [6.07, 6.45) is -2.31. The molecule has 2 aromatic rings. The van der Waals surface area contributed by atoms with E-state index in [-0.39, 0.29) is 17.9 Å². The van der Waals surface area contributed by atoms with Gasteiger partial charge in [0.15, 0.2) is 0 Å². The second-order valence-corrected chi connectivity index (χ2v) is 8.30. The minimum atomic E-state index is -1.76. The molecule has 0 aromatic heterocycles. The Labute approximate surface area is 192 Å². The highest BCUT2D eigenvalue weighted by Crippen LogP contribution is 2.13. The first-order chi connectivity index (χ1) is 15.5. The average Bonchev–Trinajstić information content (AvgIpc) is 2.75. The molecule has 2 amide bonds. The number of carbonyl (C=O) groups is 4. The summed E-state index contributed by atoms with van der Waals surface area (Å²) in [5, 5.41) is 14.5. The molecule has 9 nitrogen and oxygen atoms in total. The highest BCUT2D eigenvalue weighted by Gasteiger charge is 2.33. The number of benzene rings is 2. The summed E-state index contributed by atoms with van der Waals surface area (Å²) < 4.78 is 10.5. The third kappa shape index (κ3) is 8.29. The SMILES string of the molecule is CC(NC(=O)c1ccc(CNC(=O)OC(C)(C)C)cc1)C(=O)C(Oc1ccccc1)C(=O)O. The van der Waals surface area contributed by atoms with E-state index in [1.54, 1.807) is 51.1 Å². The molecule has 2 atom stereocenters. The number of aliphatic carboxylic acids is 1. The Kier molecular flexibility index (Phi) is 8.56. The number of alkyl carbamates (subject to hydrolysis) is 1. The molecule has 176 valence electrons. The quantitative estimate of drug-likeness (QED) is 0.495. The second-order valence-electron chi connectivity index (χ2n) is 8.30. The van der Waals surface area contributed by atoms with Gasteiger partial charge in [0, 0.05) is 12.1 Å². The number of carboxylic acids is 1. The van der Waals surface area contributed by atoms with Crippen LogP contribution in [0, 0.1) is 0 Å². The molecule has 0 saturated heterocycles. The van der Waals surface area contributed by atoms with Crippen molar-refractivity contribution in [2.24, 2.45) is 0 Å². The van der Waals surface area contributed by atoms with Crippen LogP contribution < -0.4 is 15.4 Å². The van der Waals surface area contributed by atoms with Crippen molar-refractivity contribution < 1.29 is 33.8 Å². The van der Waals surface area contributed by atoms with Crippen LogP contribution in [0.2, 0.25) is 0 Å². The maximum absolute atomic E-state index is 12.6. The van der Waals surface area contributed by atoms with Gasteiger partial charge in [-0.25, -0.2) is 9.59 Å². The molecule has 0 radical (unpaired) electrons. The average molecular weight is 456 g/mol. The molecule has 0 spiro atoms. The summed E-state index contributed by atoms with van der Waals surface area (Å²) in [4.78, 5) is 48.3. The number of amides is 2. The lowest BCUT2D eigenvalue weighted by Crippen LogP contribution is -2.48. The lowest BCUT2D eigenvalue weighted by Gasteiger charge is -2.20. The standard InChI is InChI=1S/C24H28N2O7/c1-15(19(27)20(22(29)30)32-18-8-6-5-7-9-18)26-21(28)17-12-10-16(11-13-17)14-25-23(31)33-24(2,3)4/h5-13,15,20H,14H2,1-4H3,(H,25,31)(H,26,28)(H,29,30). The number of Topliss-reactive ketones (excluding diaryl/α,β-unsaturated/α-hetero) is 1. The van der Waals surface area contributed by atoms with Crippen molar-refractivity contribution in [2.45, 2.75) is 52.0 Å². The zero-order chi connectivity index (χ0) is 24.6. The summed E-state index contributed by atoms with van der Waals surface area (Å²) in [7, 11) is 0. The van der Waals surface area contributed by atoms with Gasteiger partial charge in [-0.2, -0.15) is 0 Å². The number of carbonyl (C=O) groups excluding carboxylic acids is 3. The van der Waals surface area contributed by atoms with Gasteiger partial charge in [-0.05, 0) is 57.5 Å². The van der Waals surface area contributed by atoms with Gasteiger partial charge in [-0.1, -0.05) is 30.3 Å². The predicted molar refractivity (Wildman–Crippen MR) is 120 cm³/mol. The Hall–Kier alpha value is -3.88. The molecule has 0 saturated carbocycles. The molecule has 33 heavy (non-hydrogen) atoms. The first-order valence-electron chi connectivity index (χ1n) is 10.3. The van der Waals surface area contributed by atoms with E-state index in [0.717, 1.165) is 5.56 Å². The summed E-state index contributed by atoms with van der Waals surface area (Å²) in [5.74, 6) is -2.57. The fraction of sp³-hybridized carbons (Fsp3) is 0.333. The molecule has 2 rings (SSSR count). The summed E-state index contributed by atoms with van der Waals surface area (Å²) in [6, 6.07) is 13.4. The van der Waals surface area contributed by atoms with Crippen LogP contribution in [-0.4, -0.2) is 46.6 Å². The summed E-state index contributed by atoms with van der Waals surface area (Å²) >= 11 is 0. The molecule has 2 unspecified atom stereocenters. The van der Waals surface area contributed by atoms with Crippen molar-refractivity contribution in [1.82, 2.24) is 10.6 Å². The predicted octanol–water partition coefficient (Wildman–Crippen LogP) is 2.93. The van der Waals surface area contributed by atoms with Crippen LogP contribution in [0.25, 0.3) is 0 Å². The van der Waals surface area contributed by atoms with Crippen LogP contribution >= 0.6 is 0 Å². The molecule has 9 heteroatoms. The zero-order valence-electron chi connectivity index (χ0n) is 19.0. The van der Waals surface area contributed by atoms with Gasteiger partial charge < -0.3 is 25.2 Å². The van der Waals surface area contributed by atoms with Gasteiger partial charge in [0.1, 0.15) is 11.4 Å². The first kappa shape index (κ1) is 25.4. The van der Waals surface area contributed by atoms with E-state index in [1.807, 2.05) is 0 Å². The first-order valence-corrected chi connectivity index (χ1v) is 10.3. The molecule has 0 fully saturated rings. The molecule has 3 N–H and O–H groups in total. The number of rotatable bonds is 9. The van der Waals surface area contributed by atoms with Gasteiger partial charge in [-0.15, -0.1) is 0 Å². The number of para-hydroxylation sites is 1. The summed E-state index contributed by atoms with van der Waals surface area (Å²) in [6.45, 7) is 6.89. The van der Waals surface area contributed by atoms with Gasteiger partial charge in [0.05, 0.1) is 6.04 Å². The van der Waals surface area contributed by atoms with Crippen molar-refractivity contribution in [2.75, 3.05) is 0 Å². The highest BCUT2D eigenvalue weighted by atomic mass is 16.6. The Morgan fingerprint density at radius 2 is 1.58 bits per heavy atom. The van der Waals surface area contributed by atoms with E-state index < -0.39 is 41.5 Å². The van der Waals surface area contributed by atoms with Gasteiger partial charge in [0.2, 0.25) is 5.78 Å². The number of nitrogens with one attached hydrogen (secondary N) is 2. The number of carboxylic acid groups (broad SMARTS) is 1. The van der Waals surface area contributed by atoms with Crippen molar-refractivity contribution in [1.29, 1.82) is 0 Å². The number of hydrogen-bond donors (Lipinski definition) is 3. The smallest absolute Gasteiger partial charge is 0.407 e. The van der Waals surface area contributed by atoms with Crippen LogP contribution in [0.5, 0.6) is 5.75 Å². The third-order valence-electron chi connectivity index (χ3n) is 4.31. The van der Waals surface area contributed by atoms with Crippen molar-refractivity contribution in [3.05, 3.63) is 65.7 Å². The van der Waals surface area contributed by atoms with Crippen LogP contribution in [-0.2, 0) is 20.9 Å². The van der Waals surface area contributed by atoms with E-state index in [1.165, 1.54) is 31.2 Å². The second kappa shape index (κ2) is 11.1. The fourth-order valence-electron chi connectivity index (χ4n) is 2.71. The minimum absolute atomic E-state index is 0.211. The Morgan fingerprint density at radius 1 is 0.970 bits per heavy atom. The fourth-order valence-corrected chi connectivity index (χ4v) is 2.71. The molecule has 0 aliphatic heterocycles. The van der Waals surface area contributed by atoms with Crippen molar-refractivity contribution >= 4 is 23.8 Å². The summed E-state index contributed by atoms with van der Waals surface area (Å²) in [5.41, 5.74) is 0.404. The van der Waals surface area contributed by atoms with Crippen molar-refractivity contribution in [3.63, 3.8) is 0 Å². The van der Waals surface area contributed by atoms with Gasteiger partial charge >= 0.3 is 12.1 Å². The molecule has 0 bridgehead atoms. The molecular weight excluding hydrogens is 428 g/mol. The molecule has 2 aromatic carbocycles. The maximum atomic E-state index is 12.6. The number of ether oxygens (including phenoxy) is 2. The van der Waals surface area contributed by atoms with E-state index >= 15 is 0 Å². The van der Waals surface area contributed by atoms with Gasteiger partial charge in [0.25, 0.3) is 12.0 Å². The minimum Gasteiger partial charge on any atom is -0.478 e. The zero-order valence-corrected chi connectivity index (χ0v) is 19.0. The molecule has 0 aliphatic rings. The lowest BCUT2D eigenvalue weighted by molar-refractivity contribution is -0.150. The van der Waals surface area contributed by atoms with E-state index in [0.29, 0.717) is 0 Å². The van der Waals surface area contributed by atoms with Crippen LogP contribution in [0.4, 0.5) is 4.79 Å². The molecule has 0 aliphatic carbocycles. The van der Waals surface area contributed by atoms with Crippen LogP contribution in [0.1, 0.15) is 43.6 Å². The molecule has 0 heterocycles. The Bertz CT molecular complexity index is 982. The van der Waals surface area contributed by atoms with Crippen molar-refractivity contribution in [3.8, 4) is 5.75 Å². The highest BCUT2D eigenvalue weighted by molar-refractivity contribution is 6.06. The lowest BCUT2D eigenvalue weighted by atomic mass is 10.1. The maximum Gasteiger partial charge on any atom is 0.407 e. The van der Waals surface area contributed by atoms with E-state index in [2.05, 4.69) is 10.6 Å². The van der Waals surface area contributed by atoms with Crippen LogP contribution in [0.15, 0.2) is 54.6 Å². The Morgan fingerprint density at radius 3 is 2.12 bits per heavy atom. The Balaban J connectivity index is 1.94. The number of ketones is 1. The largest absolute Gasteiger partial charge is 0.478 e. The third-order valence-corrected chi connectivity index (χ3v) is 4.31. The monoisotopic (exact) mass is 456 g/mol. The molecular formula is C24H28N2O7.